The first-order valence-corrected chi connectivity index (χ1v) is 19.0. The van der Waals surface area contributed by atoms with Gasteiger partial charge in [0.1, 0.15) is 0 Å². The van der Waals surface area contributed by atoms with Crippen molar-refractivity contribution < 1.29 is 0 Å². The third-order valence-corrected chi connectivity index (χ3v) is 11.7. The smallest absolute Gasteiger partial charge is 0.336 e. The Hall–Kier alpha value is -4.77. The van der Waals surface area contributed by atoms with E-state index in [1.165, 1.54) is 77.9 Å². The molecular weight excluding hydrogens is 631 g/mol. The molecule has 0 unspecified atom stereocenters. The summed E-state index contributed by atoms with van der Waals surface area (Å²) >= 11 is 0. The molecule has 0 saturated carbocycles. The zero-order valence-corrected chi connectivity index (χ0v) is 33.0. The van der Waals surface area contributed by atoms with Crippen LogP contribution in [0.25, 0.3) is 39.0 Å². The molecule has 7 aromatic rings. The van der Waals surface area contributed by atoms with Crippen molar-refractivity contribution in [3.63, 3.8) is 0 Å². The summed E-state index contributed by atoms with van der Waals surface area (Å²) in [6, 6.07) is 35.2. The molecule has 5 aromatic carbocycles. The van der Waals surface area contributed by atoms with Gasteiger partial charge in [-0.25, -0.2) is 4.98 Å². The van der Waals surface area contributed by atoms with Crippen LogP contribution in [0.15, 0.2) is 91.0 Å². The molecule has 2 aliphatic rings. The van der Waals surface area contributed by atoms with Gasteiger partial charge in [0.25, 0.3) is 0 Å². The van der Waals surface area contributed by atoms with Gasteiger partial charge in [0.2, 0.25) is 5.78 Å². The van der Waals surface area contributed by atoms with Gasteiger partial charge in [-0.1, -0.05) is 126 Å². The summed E-state index contributed by atoms with van der Waals surface area (Å²) in [4.78, 5) is 8.02. The van der Waals surface area contributed by atoms with E-state index in [-0.39, 0.29) is 28.5 Å². The third-order valence-electron chi connectivity index (χ3n) is 11.7. The van der Waals surface area contributed by atoms with E-state index in [4.69, 9.17) is 4.98 Å². The summed E-state index contributed by atoms with van der Waals surface area (Å²) in [6.07, 6.45) is 0. The summed E-state index contributed by atoms with van der Waals surface area (Å²) in [5.41, 5.74) is 19.0. The lowest BCUT2D eigenvalue weighted by atomic mass is 9.45. The number of aromatic nitrogens is 3. The van der Waals surface area contributed by atoms with Crippen LogP contribution in [0.3, 0.4) is 0 Å². The van der Waals surface area contributed by atoms with Crippen molar-refractivity contribution in [1.82, 2.24) is 13.9 Å². The Morgan fingerprint density at radius 2 is 1.12 bits per heavy atom. The molecule has 0 amide bonds. The van der Waals surface area contributed by atoms with Crippen molar-refractivity contribution >= 4 is 62.7 Å². The van der Waals surface area contributed by atoms with E-state index < -0.39 is 0 Å². The fourth-order valence-electron chi connectivity index (χ4n) is 8.61. The molecule has 4 nitrogen and oxygen atoms in total. The number of hydrogen-bond donors (Lipinski definition) is 0. The number of anilines is 3. The number of imidazole rings is 2. The second-order valence-corrected chi connectivity index (χ2v) is 19.5. The van der Waals surface area contributed by atoms with Gasteiger partial charge in [0.15, 0.2) is 0 Å². The number of fused-ring (bicyclic) bond motifs is 9. The molecule has 9 rings (SSSR count). The van der Waals surface area contributed by atoms with Crippen molar-refractivity contribution in [2.45, 2.75) is 105 Å². The average Bonchev–Trinajstić information content (AvgIpc) is 3.59. The Balaban J connectivity index is 1.43. The van der Waals surface area contributed by atoms with Gasteiger partial charge >= 0.3 is 6.85 Å². The largest absolute Gasteiger partial charge is 0.344 e. The first-order valence-electron chi connectivity index (χ1n) is 19.0. The molecule has 52 heavy (non-hydrogen) atoms. The summed E-state index contributed by atoms with van der Waals surface area (Å²) in [5, 5.41) is 0. The van der Waals surface area contributed by atoms with Gasteiger partial charge in [-0.2, -0.15) is 0 Å². The molecule has 0 fully saturated rings. The lowest BCUT2D eigenvalue weighted by Crippen LogP contribution is -2.57. The fraction of sp³-hybridized carbons (Fsp3) is 0.340. The SMILES string of the molecule is CC(C)(C)c1ccc(N2c3ccc(C(C)(C)C)cc3B3c4c(cccc42)-c2cc(C(C)(C)C)cc4c2n3c2nc3ccc(C(C)(C)C)cc3n42)cc1. The van der Waals surface area contributed by atoms with Crippen molar-refractivity contribution in [3.05, 3.63) is 113 Å². The van der Waals surface area contributed by atoms with Crippen LogP contribution in [0, 0.1) is 0 Å². The predicted octanol–water partition coefficient (Wildman–Crippen LogP) is 11.0. The minimum absolute atomic E-state index is 0.00509. The van der Waals surface area contributed by atoms with Gasteiger partial charge in [0, 0.05) is 22.6 Å². The molecule has 4 heterocycles. The predicted molar refractivity (Wildman–Crippen MR) is 224 cm³/mol. The van der Waals surface area contributed by atoms with Crippen LogP contribution in [0.4, 0.5) is 17.1 Å². The van der Waals surface area contributed by atoms with E-state index in [9.17, 15) is 0 Å². The minimum atomic E-state index is -0.0412. The number of nitrogens with zero attached hydrogens (tertiary/aromatic N) is 4. The van der Waals surface area contributed by atoms with Gasteiger partial charge in [-0.15, -0.1) is 0 Å². The highest BCUT2D eigenvalue weighted by atomic mass is 15.2. The maximum Gasteiger partial charge on any atom is 0.336 e. The topological polar surface area (TPSA) is 25.5 Å². The molecule has 0 spiro atoms. The van der Waals surface area contributed by atoms with Crippen molar-refractivity contribution in [2.24, 2.45) is 0 Å². The zero-order chi connectivity index (χ0) is 36.9. The number of benzene rings is 5. The maximum absolute atomic E-state index is 5.50. The normalized spacial score (nSPS) is 14.5. The van der Waals surface area contributed by atoms with Gasteiger partial charge in [0.05, 0.1) is 22.1 Å². The van der Waals surface area contributed by atoms with Crippen LogP contribution in [0.2, 0.25) is 0 Å². The minimum Gasteiger partial charge on any atom is -0.344 e. The van der Waals surface area contributed by atoms with Crippen LogP contribution in [-0.4, -0.2) is 20.7 Å². The van der Waals surface area contributed by atoms with Crippen LogP contribution in [0.1, 0.15) is 105 Å². The monoisotopic (exact) mass is 682 g/mol. The summed E-state index contributed by atoms with van der Waals surface area (Å²) in [7, 11) is 0. The Bertz CT molecular complexity index is 2610. The standard InChI is InChI=1S/C47H51BN4/c1-44(2,3)28-16-20-32(21-17-28)50-37-23-19-29(45(4,5)6)25-35(37)48-41-33(14-13-15-38(41)50)34-24-31(47(10,11)12)27-40-42(34)52(48)43-49-36-22-18-30(46(7,8)9)26-39(36)51(40)43/h13-27H,1-12H3. The van der Waals surface area contributed by atoms with Crippen molar-refractivity contribution in [3.8, 4) is 11.1 Å². The van der Waals surface area contributed by atoms with Crippen molar-refractivity contribution in [2.75, 3.05) is 4.90 Å². The number of hydrogen-bond acceptors (Lipinski definition) is 2. The Morgan fingerprint density at radius 3 is 1.77 bits per heavy atom. The lowest BCUT2D eigenvalue weighted by Gasteiger charge is -2.41. The molecule has 0 bridgehead atoms. The Kier molecular flexibility index (Phi) is 6.64. The van der Waals surface area contributed by atoms with E-state index in [1.807, 2.05) is 0 Å². The maximum atomic E-state index is 5.50. The van der Waals surface area contributed by atoms with Gasteiger partial charge in [-0.05, 0) is 109 Å². The third kappa shape index (κ3) is 4.70. The number of rotatable bonds is 1. The molecule has 2 aliphatic heterocycles. The molecule has 0 radical (unpaired) electrons. The highest BCUT2D eigenvalue weighted by Gasteiger charge is 2.44. The molecule has 0 aliphatic carbocycles. The van der Waals surface area contributed by atoms with E-state index in [1.54, 1.807) is 0 Å². The highest BCUT2D eigenvalue weighted by Crippen LogP contribution is 2.46. The molecular formula is C47H51BN4. The van der Waals surface area contributed by atoms with Crippen molar-refractivity contribution in [1.29, 1.82) is 0 Å². The fourth-order valence-corrected chi connectivity index (χ4v) is 8.61. The second-order valence-electron chi connectivity index (χ2n) is 19.5. The Labute approximate surface area is 309 Å². The van der Waals surface area contributed by atoms with Gasteiger partial charge < -0.3 is 9.38 Å². The molecule has 0 N–H and O–H groups in total. The summed E-state index contributed by atoms with van der Waals surface area (Å²) < 4.78 is 5.06. The van der Waals surface area contributed by atoms with E-state index in [2.05, 4.69) is 188 Å². The van der Waals surface area contributed by atoms with Crippen LogP contribution in [-0.2, 0) is 21.7 Å². The quantitative estimate of drug-likeness (QED) is 0.161. The van der Waals surface area contributed by atoms with E-state index in [0.717, 1.165) is 11.3 Å². The average molecular weight is 683 g/mol. The highest BCUT2D eigenvalue weighted by molar-refractivity contribution is 6.89. The van der Waals surface area contributed by atoms with Crippen LogP contribution >= 0.6 is 0 Å². The molecule has 0 atom stereocenters. The molecule has 0 saturated heterocycles. The zero-order valence-electron chi connectivity index (χ0n) is 33.0. The lowest BCUT2D eigenvalue weighted by molar-refractivity contribution is 0.590. The van der Waals surface area contributed by atoms with Gasteiger partial charge in [-0.3, -0.25) is 4.40 Å². The molecule has 5 heteroatoms. The summed E-state index contributed by atoms with van der Waals surface area (Å²) in [6.45, 7) is 27.7. The second kappa shape index (κ2) is 10.4. The van der Waals surface area contributed by atoms with E-state index in [0.29, 0.717) is 0 Å². The first-order chi connectivity index (χ1) is 24.3. The summed E-state index contributed by atoms with van der Waals surface area (Å²) in [5.74, 6) is 1.00. The molecule has 262 valence electrons. The van der Waals surface area contributed by atoms with Crippen LogP contribution < -0.4 is 15.8 Å². The van der Waals surface area contributed by atoms with E-state index >= 15 is 0 Å². The Morgan fingerprint density at radius 1 is 0.519 bits per heavy atom. The molecule has 2 aromatic heterocycles. The first kappa shape index (κ1) is 33.1. The van der Waals surface area contributed by atoms with Crippen LogP contribution in [0.5, 0.6) is 0 Å².